The second-order valence-electron chi connectivity index (χ2n) is 3.56. The Balaban J connectivity index is 2.95. The lowest BCUT2D eigenvalue weighted by Crippen LogP contribution is -2.14. The number of rotatable bonds is 2. The molecule has 1 atom stereocenters. The van der Waals surface area contributed by atoms with Crippen molar-refractivity contribution in [3.8, 4) is 0 Å². The van der Waals surface area contributed by atoms with Gasteiger partial charge in [0.15, 0.2) is 5.78 Å². The van der Waals surface area contributed by atoms with E-state index < -0.39 is 0 Å². The Morgan fingerprint density at radius 1 is 1.67 bits per heavy atom. The number of carbonyl (C=O) groups excluding carboxylic acids is 1. The Bertz CT molecular complexity index is 235. The van der Waals surface area contributed by atoms with Crippen molar-refractivity contribution in [3.63, 3.8) is 0 Å². The van der Waals surface area contributed by atoms with Crippen LogP contribution in [-0.2, 0) is 4.79 Å². The van der Waals surface area contributed by atoms with Crippen LogP contribution < -0.4 is 0 Å². The highest BCUT2D eigenvalue weighted by atomic mass is 16.1. The van der Waals surface area contributed by atoms with Crippen LogP contribution in [0.5, 0.6) is 0 Å². The molecule has 0 aromatic heterocycles. The average molecular weight is 164 g/mol. The Morgan fingerprint density at radius 2 is 2.33 bits per heavy atom. The van der Waals surface area contributed by atoms with Gasteiger partial charge in [-0.2, -0.15) is 0 Å². The summed E-state index contributed by atoms with van der Waals surface area (Å²) in [7, 11) is 0. The second-order valence-corrected chi connectivity index (χ2v) is 3.56. The van der Waals surface area contributed by atoms with Crippen molar-refractivity contribution in [3.05, 3.63) is 23.8 Å². The van der Waals surface area contributed by atoms with E-state index in [1.165, 1.54) is 18.1 Å². The van der Waals surface area contributed by atoms with E-state index in [0.29, 0.717) is 5.92 Å². The SMILES string of the molecule is C=CC(=O)C1=C(C)CCCC1C. The number of carbonyl (C=O) groups is 1. The third-order valence-corrected chi connectivity index (χ3v) is 2.59. The molecule has 0 saturated heterocycles. The average Bonchev–Trinajstić information content (AvgIpc) is 2.03. The van der Waals surface area contributed by atoms with Gasteiger partial charge in [0, 0.05) is 5.57 Å². The van der Waals surface area contributed by atoms with Gasteiger partial charge in [0.2, 0.25) is 0 Å². The van der Waals surface area contributed by atoms with Gasteiger partial charge in [-0.15, -0.1) is 0 Å². The molecule has 1 aliphatic rings. The topological polar surface area (TPSA) is 17.1 Å². The molecule has 0 saturated carbocycles. The third-order valence-electron chi connectivity index (χ3n) is 2.59. The monoisotopic (exact) mass is 164 g/mol. The highest BCUT2D eigenvalue weighted by molar-refractivity contribution is 6.04. The molecule has 0 aromatic carbocycles. The van der Waals surface area contributed by atoms with Crippen LogP contribution in [0.4, 0.5) is 0 Å². The van der Waals surface area contributed by atoms with Crippen molar-refractivity contribution in [1.29, 1.82) is 0 Å². The van der Waals surface area contributed by atoms with E-state index in [1.54, 1.807) is 0 Å². The van der Waals surface area contributed by atoms with Crippen LogP contribution in [0.15, 0.2) is 23.8 Å². The summed E-state index contributed by atoms with van der Waals surface area (Å²) in [5.41, 5.74) is 2.27. The van der Waals surface area contributed by atoms with Crippen LogP contribution in [0.3, 0.4) is 0 Å². The summed E-state index contributed by atoms with van der Waals surface area (Å²) >= 11 is 0. The Labute approximate surface area is 74.2 Å². The van der Waals surface area contributed by atoms with Crippen LogP contribution in [0.25, 0.3) is 0 Å². The first-order valence-electron chi connectivity index (χ1n) is 4.53. The molecule has 1 nitrogen and oxygen atoms in total. The maximum absolute atomic E-state index is 11.4. The molecule has 0 heterocycles. The molecule has 1 rings (SSSR count). The first kappa shape index (κ1) is 9.24. The van der Waals surface area contributed by atoms with E-state index in [1.807, 2.05) is 0 Å². The van der Waals surface area contributed by atoms with Gasteiger partial charge in [-0.05, 0) is 38.2 Å². The molecule has 1 unspecified atom stereocenters. The van der Waals surface area contributed by atoms with Gasteiger partial charge < -0.3 is 0 Å². The fourth-order valence-corrected chi connectivity index (χ4v) is 1.94. The van der Waals surface area contributed by atoms with Crippen LogP contribution in [0.1, 0.15) is 33.1 Å². The predicted molar refractivity (Wildman–Crippen MR) is 50.9 cm³/mol. The molecule has 1 heteroatoms. The Morgan fingerprint density at radius 3 is 2.83 bits per heavy atom. The van der Waals surface area contributed by atoms with Gasteiger partial charge in [0.1, 0.15) is 0 Å². The highest BCUT2D eigenvalue weighted by Gasteiger charge is 2.20. The Hall–Kier alpha value is -0.850. The minimum Gasteiger partial charge on any atom is -0.290 e. The zero-order valence-corrected chi connectivity index (χ0v) is 7.89. The first-order chi connectivity index (χ1) is 5.66. The van der Waals surface area contributed by atoms with Crippen LogP contribution >= 0.6 is 0 Å². The van der Waals surface area contributed by atoms with Crippen molar-refractivity contribution >= 4 is 5.78 Å². The summed E-state index contributed by atoms with van der Waals surface area (Å²) in [5, 5.41) is 0. The minimum absolute atomic E-state index is 0.125. The van der Waals surface area contributed by atoms with Crippen molar-refractivity contribution in [2.45, 2.75) is 33.1 Å². The van der Waals surface area contributed by atoms with E-state index in [4.69, 9.17) is 0 Å². The number of hydrogen-bond acceptors (Lipinski definition) is 1. The molecular weight excluding hydrogens is 148 g/mol. The standard InChI is InChI=1S/C11H16O/c1-4-10(12)11-8(2)6-5-7-9(11)3/h4,8H,1,5-7H2,2-3H3. The molecule has 66 valence electrons. The highest BCUT2D eigenvalue weighted by Crippen LogP contribution is 2.30. The molecular formula is C11H16O. The molecule has 0 amide bonds. The van der Waals surface area contributed by atoms with Gasteiger partial charge in [-0.25, -0.2) is 0 Å². The summed E-state index contributed by atoms with van der Waals surface area (Å²) in [6.07, 6.45) is 4.88. The lowest BCUT2D eigenvalue weighted by atomic mass is 9.82. The largest absolute Gasteiger partial charge is 0.290 e. The second kappa shape index (κ2) is 3.70. The van der Waals surface area contributed by atoms with Gasteiger partial charge >= 0.3 is 0 Å². The fraction of sp³-hybridized carbons (Fsp3) is 0.545. The van der Waals surface area contributed by atoms with Gasteiger partial charge in [-0.3, -0.25) is 4.79 Å². The number of allylic oxidation sites excluding steroid dienone is 3. The Kier molecular flexibility index (Phi) is 2.85. The third kappa shape index (κ3) is 1.66. The van der Waals surface area contributed by atoms with E-state index in [0.717, 1.165) is 18.4 Å². The molecule has 12 heavy (non-hydrogen) atoms. The molecule has 0 fully saturated rings. The molecule has 0 radical (unpaired) electrons. The van der Waals surface area contributed by atoms with E-state index in [2.05, 4.69) is 20.4 Å². The van der Waals surface area contributed by atoms with E-state index in [9.17, 15) is 4.79 Å². The fourth-order valence-electron chi connectivity index (χ4n) is 1.94. The summed E-state index contributed by atoms with van der Waals surface area (Å²) in [6.45, 7) is 7.71. The minimum atomic E-state index is 0.125. The number of ketones is 1. The van der Waals surface area contributed by atoms with Gasteiger partial charge in [0.05, 0.1) is 0 Å². The zero-order chi connectivity index (χ0) is 9.14. The molecule has 0 bridgehead atoms. The molecule has 0 aliphatic heterocycles. The quantitative estimate of drug-likeness (QED) is 0.573. The lowest BCUT2D eigenvalue weighted by Gasteiger charge is -2.22. The van der Waals surface area contributed by atoms with Crippen molar-refractivity contribution < 1.29 is 4.79 Å². The van der Waals surface area contributed by atoms with Crippen LogP contribution in [-0.4, -0.2) is 5.78 Å². The molecule has 1 aliphatic carbocycles. The lowest BCUT2D eigenvalue weighted by molar-refractivity contribution is -0.111. The van der Waals surface area contributed by atoms with Crippen molar-refractivity contribution in [2.75, 3.05) is 0 Å². The van der Waals surface area contributed by atoms with E-state index in [-0.39, 0.29) is 5.78 Å². The zero-order valence-electron chi connectivity index (χ0n) is 7.89. The maximum atomic E-state index is 11.4. The summed E-state index contributed by atoms with van der Waals surface area (Å²) < 4.78 is 0. The summed E-state index contributed by atoms with van der Waals surface area (Å²) in [6, 6.07) is 0. The molecule has 0 aromatic rings. The smallest absolute Gasteiger partial charge is 0.181 e. The predicted octanol–water partition coefficient (Wildman–Crippen LogP) is 2.88. The maximum Gasteiger partial charge on any atom is 0.181 e. The van der Waals surface area contributed by atoms with E-state index >= 15 is 0 Å². The molecule has 0 spiro atoms. The van der Waals surface area contributed by atoms with Gasteiger partial charge in [0.25, 0.3) is 0 Å². The van der Waals surface area contributed by atoms with Crippen LogP contribution in [0.2, 0.25) is 0 Å². The molecule has 0 N–H and O–H groups in total. The van der Waals surface area contributed by atoms with Crippen LogP contribution in [0, 0.1) is 5.92 Å². The van der Waals surface area contributed by atoms with Crippen molar-refractivity contribution in [2.24, 2.45) is 5.92 Å². The number of hydrogen-bond donors (Lipinski definition) is 0. The first-order valence-corrected chi connectivity index (χ1v) is 4.53. The summed E-state index contributed by atoms with van der Waals surface area (Å²) in [4.78, 5) is 11.4. The van der Waals surface area contributed by atoms with Gasteiger partial charge in [-0.1, -0.05) is 19.1 Å². The summed E-state index contributed by atoms with van der Waals surface area (Å²) in [5.74, 6) is 0.559. The normalized spacial score (nSPS) is 24.0. The van der Waals surface area contributed by atoms with Crippen molar-refractivity contribution in [1.82, 2.24) is 0 Å².